The Labute approximate surface area is 167 Å². The summed E-state index contributed by atoms with van der Waals surface area (Å²) in [6, 6.07) is 15.4. The molecule has 5 nitrogen and oxygen atoms in total. The number of carbonyl (C=O) groups excluding carboxylic acids is 1. The summed E-state index contributed by atoms with van der Waals surface area (Å²) in [5.74, 6) is 0.884. The third-order valence-electron chi connectivity index (χ3n) is 4.28. The van der Waals surface area contributed by atoms with Gasteiger partial charge in [-0.25, -0.2) is 0 Å². The van der Waals surface area contributed by atoms with Crippen molar-refractivity contribution >= 4 is 22.3 Å². The molecule has 1 heterocycles. The molecule has 1 N–H and O–H groups in total. The maximum atomic E-state index is 12.5. The van der Waals surface area contributed by atoms with E-state index in [9.17, 15) is 9.00 Å². The Morgan fingerprint density at radius 2 is 1.96 bits per heavy atom. The maximum Gasteiger partial charge on any atom is 0.191 e. The smallest absolute Gasteiger partial charge is 0.191 e. The summed E-state index contributed by atoms with van der Waals surface area (Å²) in [4.78, 5) is 12.5. The summed E-state index contributed by atoms with van der Waals surface area (Å²) in [5, 5.41) is 3.16. The van der Waals surface area contributed by atoms with Crippen LogP contribution in [0.25, 0.3) is 0 Å². The van der Waals surface area contributed by atoms with Gasteiger partial charge in [0, 0.05) is 22.6 Å². The monoisotopic (exact) mass is 397 g/mol. The predicted molar refractivity (Wildman–Crippen MR) is 112 cm³/mol. The molecule has 1 aliphatic rings. The van der Waals surface area contributed by atoms with E-state index in [4.69, 9.17) is 9.47 Å². The maximum absolute atomic E-state index is 12.5. The number of hydrogen-bond acceptors (Lipinski definition) is 5. The fraction of sp³-hybridized carbons (Fsp3) is 0.227. The van der Waals surface area contributed by atoms with Gasteiger partial charge in [0.1, 0.15) is 12.4 Å². The van der Waals surface area contributed by atoms with Crippen LogP contribution in [0.1, 0.15) is 15.9 Å². The lowest BCUT2D eigenvalue weighted by Gasteiger charge is -2.19. The fourth-order valence-corrected chi connectivity index (χ4v) is 3.42. The Bertz CT molecular complexity index is 935. The van der Waals surface area contributed by atoms with E-state index in [2.05, 4.69) is 17.4 Å². The molecule has 3 rings (SSSR count). The van der Waals surface area contributed by atoms with Gasteiger partial charge in [0.25, 0.3) is 0 Å². The van der Waals surface area contributed by atoms with E-state index < -0.39 is 10.8 Å². The number of nitrogens with one attached hydrogen (secondary N) is 1. The van der Waals surface area contributed by atoms with Crippen molar-refractivity contribution in [1.82, 2.24) is 0 Å². The molecule has 6 heteroatoms. The second-order valence-corrected chi connectivity index (χ2v) is 7.92. The van der Waals surface area contributed by atoms with Crippen LogP contribution in [-0.4, -0.2) is 35.7 Å². The van der Waals surface area contributed by atoms with Gasteiger partial charge in [0.05, 0.1) is 18.6 Å². The molecule has 0 aromatic heterocycles. The van der Waals surface area contributed by atoms with E-state index >= 15 is 0 Å². The quantitative estimate of drug-likeness (QED) is 0.688. The zero-order valence-corrected chi connectivity index (χ0v) is 16.8. The molecule has 146 valence electrons. The Morgan fingerprint density at radius 1 is 1.18 bits per heavy atom. The highest BCUT2D eigenvalue weighted by Gasteiger charge is 2.16. The molecule has 0 aliphatic carbocycles. The Morgan fingerprint density at radius 3 is 2.61 bits per heavy atom. The van der Waals surface area contributed by atoms with Gasteiger partial charge in [-0.05, 0) is 41.8 Å². The molecule has 0 saturated carbocycles. The number of carbonyl (C=O) groups is 1. The molecule has 0 fully saturated rings. The van der Waals surface area contributed by atoms with Gasteiger partial charge in [0.15, 0.2) is 11.7 Å². The molecule has 0 radical (unpaired) electrons. The second kappa shape index (κ2) is 9.37. The van der Waals surface area contributed by atoms with E-state index in [0.29, 0.717) is 29.5 Å². The summed E-state index contributed by atoms with van der Waals surface area (Å²) in [7, 11) is 0.325. The Balaban J connectivity index is 1.76. The first-order chi connectivity index (χ1) is 13.5. The van der Waals surface area contributed by atoms with Crippen molar-refractivity contribution in [2.45, 2.75) is 6.42 Å². The minimum absolute atomic E-state index is 0.0388. The summed E-state index contributed by atoms with van der Waals surface area (Å²) in [6.45, 7) is 0.478. The first kappa shape index (κ1) is 19.9. The number of ketones is 1. The second-order valence-electron chi connectivity index (χ2n) is 6.48. The van der Waals surface area contributed by atoms with E-state index in [1.165, 1.54) is 17.4 Å². The molecular formula is C22H23NO4S. The largest absolute Gasteiger partial charge is 0.497 e. The molecule has 1 unspecified atom stereocenters. The van der Waals surface area contributed by atoms with Crippen LogP contribution in [-0.2, 0) is 22.0 Å². The molecule has 28 heavy (non-hydrogen) atoms. The van der Waals surface area contributed by atoms with Crippen molar-refractivity contribution in [3.63, 3.8) is 0 Å². The number of hydrogen-bond donors (Lipinski definition) is 1. The van der Waals surface area contributed by atoms with Gasteiger partial charge in [-0.1, -0.05) is 36.4 Å². The standard InChI is InChI=1S/C22H23NO4S/c1-26-18-9-10-20(19(13-18)21(24)15-28(2)25)23-22-11-8-17(14-27-22)12-16-6-4-3-5-7-16/h3-11,13,23H,12,14-15H2,1-2H3. The third-order valence-corrected chi connectivity index (χ3v) is 4.95. The fourth-order valence-electron chi connectivity index (χ4n) is 2.89. The Kier molecular flexibility index (Phi) is 6.66. The molecule has 0 bridgehead atoms. The Hall–Kier alpha value is -2.86. The molecule has 0 saturated heterocycles. The number of methoxy groups -OCH3 is 1. The van der Waals surface area contributed by atoms with Crippen LogP contribution < -0.4 is 10.1 Å². The molecular weight excluding hydrogens is 374 g/mol. The van der Waals surface area contributed by atoms with Crippen LogP contribution >= 0.6 is 0 Å². The van der Waals surface area contributed by atoms with Gasteiger partial charge < -0.3 is 14.8 Å². The van der Waals surface area contributed by atoms with Crippen molar-refractivity contribution in [3.8, 4) is 5.75 Å². The van der Waals surface area contributed by atoms with Gasteiger partial charge in [-0.3, -0.25) is 9.00 Å². The summed E-state index contributed by atoms with van der Waals surface area (Å²) in [5.41, 5.74) is 3.43. The van der Waals surface area contributed by atoms with Crippen LogP contribution in [0.4, 0.5) is 5.69 Å². The minimum atomic E-state index is -1.22. The molecule has 0 spiro atoms. The van der Waals surface area contributed by atoms with E-state index in [1.807, 2.05) is 30.4 Å². The lowest BCUT2D eigenvalue weighted by molar-refractivity contribution is 0.102. The topological polar surface area (TPSA) is 64.6 Å². The van der Waals surface area contributed by atoms with Crippen molar-refractivity contribution in [3.05, 3.63) is 83.3 Å². The average Bonchev–Trinajstić information content (AvgIpc) is 2.70. The van der Waals surface area contributed by atoms with Crippen molar-refractivity contribution in [1.29, 1.82) is 0 Å². The zero-order chi connectivity index (χ0) is 19.9. The highest BCUT2D eigenvalue weighted by atomic mass is 32.2. The highest BCUT2D eigenvalue weighted by molar-refractivity contribution is 7.85. The first-order valence-corrected chi connectivity index (χ1v) is 10.6. The summed E-state index contributed by atoms with van der Waals surface area (Å²) >= 11 is 0. The normalized spacial score (nSPS) is 14.4. The van der Waals surface area contributed by atoms with Gasteiger partial charge >= 0.3 is 0 Å². The van der Waals surface area contributed by atoms with Crippen LogP contribution in [0.3, 0.4) is 0 Å². The van der Waals surface area contributed by atoms with Crippen LogP contribution in [0.15, 0.2) is 72.1 Å². The van der Waals surface area contributed by atoms with Crippen LogP contribution in [0.5, 0.6) is 5.75 Å². The van der Waals surface area contributed by atoms with E-state index in [-0.39, 0.29) is 11.5 Å². The van der Waals surface area contributed by atoms with Crippen LogP contribution in [0.2, 0.25) is 0 Å². The number of Topliss-reactive ketones (excluding diaryl/α,β-unsaturated/α-hetero) is 1. The zero-order valence-electron chi connectivity index (χ0n) is 15.9. The van der Waals surface area contributed by atoms with Gasteiger partial charge in [-0.2, -0.15) is 0 Å². The average molecular weight is 397 g/mol. The van der Waals surface area contributed by atoms with Crippen molar-refractivity contribution in [2.75, 3.05) is 31.0 Å². The van der Waals surface area contributed by atoms with Gasteiger partial charge in [0.2, 0.25) is 0 Å². The lowest BCUT2D eigenvalue weighted by Crippen LogP contribution is -2.16. The van der Waals surface area contributed by atoms with Gasteiger partial charge in [-0.15, -0.1) is 0 Å². The third kappa shape index (κ3) is 5.33. The van der Waals surface area contributed by atoms with Crippen molar-refractivity contribution < 1.29 is 18.5 Å². The number of ether oxygens (including phenoxy) is 2. The SMILES string of the molecule is COc1ccc(NC2=CC=C(Cc3ccccc3)CO2)c(C(=O)CS(C)=O)c1. The van der Waals surface area contributed by atoms with Crippen LogP contribution in [0, 0.1) is 0 Å². The highest BCUT2D eigenvalue weighted by Crippen LogP contribution is 2.25. The molecule has 1 atom stereocenters. The molecule has 1 aliphatic heterocycles. The lowest BCUT2D eigenvalue weighted by atomic mass is 10.0. The molecule has 2 aromatic rings. The minimum Gasteiger partial charge on any atom is -0.497 e. The number of anilines is 1. The summed E-state index contributed by atoms with van der Waals surface area (Å²) < 4.78 is 22.5. The van der Waals surface area contributed by atoms with E-state index in [1.54, 1.807) is 25.3 Å². The first-order valence-electron chi connectivity index (χ1n) is 8.90. The predicted octanol–water partition coefficient (Wildman–Crippen LogP) is 3.71. The molecule has 2 aromatic carbocycles. The van der Waals surface area contributed by atoms with E-state index in [0.717, 1.165) is 6.42 Å². The number of benzene rings is 2. The van der Waals surface area contributed by atoms with Crippen molar-refractivity contribution in [2.24, 2.45) is 0 Å². The molecule has 0 amide bonds. The number of rotatable bonds is 8. The number of allylic oxidation sites excluding steroid dienone is 2. The summed E-state index contributed by atoms with van der Waals surface area (Å²) in [6.07, 6.45) is 6.24.